The van der Waals surface area contributed by atoms with E-state index in [0.29, 0.717) is 11.4 Å². The van der Waals surface area contributed by atoms with Crippen LogP contribution < -0.4 is 10.6 Å². The third-order valence-corrected chi connectivity index (χ3v) is 4.32. The number of carbonyl (C=O) groups is 1. The Morgan fingerprint density at radius 2 is 2.19 bits per heavy atom. The van der Waals surface area contributed by atoms with Crippen molar-refractivity contribution in [1.29, 1.82) is 0 Å². The summed E-state index contributed by atoms with van der Waals surface area (Å²) in [5, 5.41) is 7.13. The summed E-state index contributed by atoms with van der Waals surface area (Å²) in [7, 11) is 0. The molecule has 2 aromatic heterocycles. The first-order valence-corrected chi connectivity index (χ1v) is 7.77. The molecule has 21 heavy (non-hydrogen) atoms. The van der Waals surface area contributed by atoms with E-state index in [2.05, 4.69) is 20.6 Å². The standard InChI is InChI=1S/C15H20N4OS/c1-5-16-13-8-12(6-7-17-13)15(20)19-10(3)14-9(2)18-11(4)21-14/h6-8,10H,5H2,1-4H3,(H,16,17)(H,19,20). The molecular weight excluding hydrogens is 284 g/mol. The molecule has 0 radical (unpaired) electrons. The van der Waals surface area contributed by atoms with E-state index in [9.17, 15) is 4.79 Å². The molecular formula is C15H20N4OS. The second-order valence-electron chi connectivity index (χ2n) is 4.84. The fourth-order valence-corrected chi connectivity index (χ4v) is 3.07. The van der Waals surface area contributed by atoms with Gasteiger partial charge in [-0.25, -0.2) is 9.97 Å². The first-order chi connectivity index (χ1) is 10.0. The van der Waals surface area contributed by atoms with E-state index in [-0.39, 0.29) is 11.9 Å². The molecule has 1 unspecified atom stereocenters. The molecule has 2 aromatic rings. The number of aryl methyl sites for hydroxylation is 2. The topological polar surface area (TPSA) is 66.9 Å². The Kier molecular flexibility index (Phi) is 4.90. The van der Waals surface area contributed by atoms with Gasteiger partial charge in [0.25, 0.3) is 5.91 Å². The predicted molar refractivity (Wildman–Crippen MR) is 85.9 cm³/mol. The summed E-state index contributed by atoms with van der Waals surface area (Å²) in [5.74, 6) is 0.608. The molecule has 0 saturated heterocycles. The third kappa shape index (κ3) is 3.78. The van der Waals surface area contributed by atoms with Gasteiger partial charge in [-0.1, -0.05) is 0 Å². The maximum Gasteiger partial charge on any atom is 0.251 e. The Bertz CT molecular complexity index is 638. The minimum atomic E-state index is -0.102. The summed E-state index contributed by atoms with van der Waals surface area (Å²) in [5.41, 5.74) is 1.58. The molecule has 2 rings (SSSR count). The lowest BCUT2D eigenvalue weighted by Crippen LogP contribution is -2.26. The number of anilines is 1. The maximum atomic E-state index is 12.3. The van der Waals surface area contributed by atoms with Crippen LogP contribution in [0.2, 0.25) is 0 Å². The van der Waals surface area contributed by atoms with Crippen LogP contribution in [0.25, 0.3) is 0 Å². The van der Waals surface area contributed by atoms with Crippen molar-refractivity contribution in [3.63, 3.8) is 0 Å². The van der Waals surface area contributed by atoms with Crippen molar-refractivity contribution in [1.82, 2.24) is 15.3 Å². The van der Waals surface area contributed by atoms with Crippen molar-refractivity contribution in [2.75, 3.05) is 11.9 Å². The minimum Gasteiger partial charge on any atom is -0.370 e. The summed E-state index contributed by atoms with van der Waals surface area (Å²) in [6.45, 7) is 8.68. The van der Waals surface area contributed by atoms with Crippen molar-refractivity contribution in [3.05, 3.63) is 39.5 Å². The molecule has 0 saturated carbocycles. The van der Waals surface area contributed by atoms with Crippen LogP contribution in [0.5, 0.6) is 0 Å². The molecule has 0 aliphatic carbocycles. The molecule has 0 aliphatic heterocycles. The fraction of sp³-hybridized carbons (Fsp3) is 0.400. The van der Waals surface area contributed by atoms with Gasteiger partial charge in [0.2, 0.25) is 0 Å². The van der Waals surface area contributed by atoms with E-state index >= 15 is 0 Å². The molecule has 0 fully saturated rings. The normalized spacial score (nSPS) is 12.0. The molecule has 1 atom stereocenters. The molecule has 0 aliphatic rings. The van der Waals surface area contributed by atoms with Crippen LogP contribution in [-0.2, 0) is 0 Å². The van der Waals surface area contributed by atoms with E-state index in [1.54, 1.807) is 29.7 Å². The lowest BCUT2D eigenvalue weighted by atomic mass is 10.2. The first-order valence-electron chi connectivity index (χ1n) is 6.96. The molecule has 0 spiro atoms. The van der Waals surface area contributed by atoms with Gasteiger partial charge in [0.1, 0.15) is 5.82 Å². The lowest BCUT2D eigenvalue weighted by Gasteiger charge is -2.13. The summed E-state index contributed by atoms with van der Waals surface area (Å²) < 4.78 is 0. The van der Waals surface area contributed by atoms with Crippen LogP contribution in [0.1, 0.15) is 45.8 Å². The zero-order chi connectivity index (χ0) is 15.4. The van der Waals surface area contributed by atoms with Gasteiger partial charge in [-0.3, -0.25) is 4.79 Å². The molecule has 112 valence electrons. The molecule has 0 aromatic carbocycles. The fourth-order valence-electron chi connectivity index (χ4n) is 2.14. The van der Waals surface area contributed by atoms with Gasteiger partial charge in [-0.2, -0.15) is 0 Å². The Hall–Kier alpha value is -1.95. The largest absolute Gasteiger partial charge is 0.370 e. The first kappa shape index (κ1) is 15.4. The van der Waals surface area contributed by atoms with Crippen molar-refractivity contribution in [2.45, 2.75) is 33.7 Å². The number of hydrogen-bond acceptors (Lipinski definition) is 5. The lowest BCUT2D eigenvalue weighted by molar-refractivity contribution is 0.0940. The summed E-state index contributed by atoms with van der Waals surface area (Å²) in [6.07, 6.45) is 1.64. The van der Waals surface area contributed by atoms with Crippen molar-refractivity contribution < 1.29 is 4.79 Å². The van der Waals surface area contributed by atoms with E-state index < -0.39 is 0 Å². The van der Waals surface area contributed by atoms with Crippen LogP contribution in [0.4, 0.5) is 5.82 Å². The van der Waals surface area contributed by atoms with Crippen molar-refractivity contribution >= 4 is 23.1 Å². The van der Waals surface area contributed by atoms with E-state index in [1.165, 1.54) is 0 Å². The van der Waals surface area contributed by atoms with Crippen molar-refractivity contribution in [3.8, 4) is 0 Å². The summed E-state index contributed by atoms with van der Waals surface area (Å²) in [6, 6.07) is 3.42. The number of hydrogen-bond donors (Lipinski definition) is 2. The molecule has 2 N–H and O–H groups in total. The number of carbonyl (C=O) groups excluding carboxylic acids is 1. The van der Waals surface area contributed by atoms with Gasteiger partial charge in [0.05, 0.1) is 16.7 Å². The zero-order valence-corrected chi connectivity index (χ0v) is 13.5. The number of pyridine rings is 1. The van der Waals surface area contributed by atoms with Gasteiger partial charge in [0.15, 0.2) is 0 Å². The Balaban J connectivity index is 2.10. The summed E-state index contributed by atoms with van der Waals surface area (Å²) >= 11 is 1.62. The van der Waals surface area contributed by atoms with Crippen LogP contribution in [-0.4, -0.2) is 22.4 Å². The minimum absolute atomic E-state index is 0.0561. The van der Waals surface area contributed by atoms with Crippen LogP contribution in [0.3, 0.4) is 0 Å². The highest BCUT2D eigenvalue weighted by Crippen LogP contribution is 2.24. The summed E-state index contributed by atoms with van der Waals surface area (Å²) in [4.78, 5) is 22.0. The maximum absolute atomic E-state index is 12.3. The predicted octanol–water partition coefficient (Wildman–Crippen LogP) is 3.08. The van der Waals surface area contributed by atoms with E-state index in [4.69, 9.17) is 0 Å². The Morgan fingerprint density at radius 1 is 1.43 bits per heavy atom. The number of rotatable bonds is 5. The number of nitrogens with one attached hydrogen (secondary N) is 2. The van der Waals surface area contributed by atoms with E-state index in [0.717, 1.165) is 22.1 Å². The SMILES string of the molecule is CCNc1cc(C(=O)NC(C)c2sc(C)nc2C)ccn1. The average Bonchev–Trinajstić information content (AvgIpc) is 2.78. The van der Waals surface area contributed by atoms with Crippen molar-refractivity contribution in [2.24, 2.45) is 0 Å². The average molecular weight is 304 g/mol. The molecule has 0 bridgehead atoms. The highest BCUT2D eigenvalue weighted by Gasteiger charge is 2.16. The molecule has 1 amide bonds. The molecule has 6 heteroatoms. The van der Waals surface area contributed by atoms with Crippen LogP contribution in [0, 0.1) is 13.8 Å². The number of thiazole rings is 1. The number of aromatic nitrogens is 2. The second-order valence-corrected chi connectivity index (χ2v) is 6.07. The highest BCUT2D eigenvalue weighted by molar-refractivity contribution is 7.11. The molecule has 2 heterocycles. The van der Waals surface area contributed by atoms with Crippen LogP contribution >= 0.6 is 11.3 Å². The smallest absolute Gasteiger partial charge is 0.251 e. The van der Waals surface area contributed by atoms with Gasteiger partial charge < -0.3 is 10.6 Å². The zero-order valence-electron chi connectivity index (χ0n) is 12.7. The third-order valence-electron chi connectivity index (χ3n) is 3.06. The second kappa shape index (κ2) is 6.67. The quantitative estimate of drug-likeness (QED) is 0.891. The van der Waals surface area contributed by atoms with Gasteiger partial charge >= 0.3 is 0 Å². The van der Waals surface area contributed by atoms with Gasteiger partial charge in [-0.15, -0.1) is 11.3 Å². The van der Waals surface area contributed by atoms with Crippen LogP contribution in [0.15, 0.2) is 18.3 Å². The molecule has 5 nitrogen and oxygen atoms in total. The highest BCUT2D eigenvalue weighted by atomic mass is 32.1. The van der Waals surface area contributed by atoms with E-state index in [1.807, 2.05) is 27.7 Å². The number of amides is 1. The Labute approximate surface area is 128 Å². The Morgan fingerprint density at radius 3 is 2.81 bits per heavy atom. The number of nitrogens with zero attached hydrogens (tertiary/aromatic N) is 2. The van der Waals surface area contributed by atoms with Gasteiger partial charge in [-0.05, 0) is 39.8 Å². The monoisotopic (exact) mass is 304 g/mol. The van der Waals surface area contributed by atoms with Gasteiger partial charge in [0, 0.05) is 23.2 Å².